The van der Waals surface area contributed by atoms with Crippen molar-refractivity contribution in [2.24, 2.45) is 5.41 Å². The van der Waals surface area contributed by atoms with E-state index in [1.807, 2.05) is 18.5 Å². The molecule has 1 aliphatic carbocycles. The van der Waals surface area contributed by atoms with E-state index >= 15 is 0 Å². The average Bonchev–Trinajstić information content (AvgIpc) is 2.90. The minimum absolute atomic E-state index is 0.185. The predicted molar refractivity (Wildman–Crippen MR) is 58.0 cm³/mol. The van der Waals surface area contributed by atoms with Crippen LogP contribution in [0.4, 0.5) is 5.69 Å². The molecular formula is C11H16N4. The number of nitrogen functional groups attached to an aromatic ring is 1. The van der Waals surface area contributed by atoms with E-state index in [9.17, 15) is 0 Å². The topological polar surface area (TPSA) is 67.6 Å². The van der Waals surface area contributed by atoms with Crippen molar-refractivity contribution in [1.82, 2.24) is 9.78 Å². The van der Waals surface area contributed by atoms with Gasteiger partial charge in [0.25, 0.3) is 0 Å². The molecule has 0 unspecified atom stereocenters. The Morgan fingerprint density at radius 3 is 2.60 bits per heavy atom. The molecule has 0 atom stereocenters. The Labute approximate surface area is 89.7 Å². The number of anilines is 1. The lowest BCUT2D eigenvalue weighted by Crippen LogP contribution is -2.13. The Bertz CT molecular complexity index is 421. The number of aromatic nitrogens is 2. The fourth-order valence-corrected chi connectivity index (χ4v) is 1.92. The molecule has 1 heterocycles. The Balaban J connectivity index is 2.18. The van der Waals surface area contributed by atoms with Crippen molar-refractivity contribution in [2.75, 3.05) is 5.73 Å². The predicted octanol–water partition coefficient (Wildman–Crippen LogP) is 1.78. The van der Waals surface area contributed by atoms with Crippen LogP contribution in [0.1, 0.15) is 30.7 Å². The lowest BCUT2D eigenvalue weighted by Gasteiger charge is -2.12. The zero-order valence-electron chi connectivity index (χ0n) is 9.25. The molecule has 1 saturated carbocycles. The molecule has 0 bridgehead atoms. The molecule has 1 fully saturated rings. The van der Waals surface area contributed by atoms with Crippen LogP contribution in [0.2, 0.25) is 0 Å². The molecule has 15 heavy (non-hydrogen) atoms. The number of rotatable bonds is 3. The van der Waals surface area contributed by atoms with Crippen LogP contribution in [0.3, 0.4) is 0 Å². The molecule has 0 amide bonds. The van der Waals surface area contributed by atoms with Crippen molar-refractivity contribution >= 4 is 5.69 Å². The summed E-state index contributed by atoms with van der Waals surface area (Å²) in [5.41, 5.74) is 8.75. The van der Waals surface area contributed by atoms with Crippen molar-refractivity contribution in [3.05, 3.63) is 11.4 Å². The van der Waals surface area contributed by atoms with E-state index in [4.69, 9.17) is 11.0 Å². The molecule has 0 aliphatic heterocycles. The third-order valence-electron chi connectivity index (χ3n) is 3.33. The maximum atomic E-state index is 8.74. The average molecular weight is 204 g/mol. The molecular weight excluding hydrogens is 188 g/mol. The van der Waals surface area contributed by atoms with Crippen molar-refractivity contribution in [3.8, 4) is 6.07 Å². The smallest absolute Gasteiger partial charge is 0.0825 e. The Morgan fingerprint density at radius 2 is 2.20 bits per heavy atom. The quantitative estimate of drug-likeness (QED) is 0.816. The lowest BCUT2D eigenvalue weighted by molar-refractivity contribution is 0.398. The highest BCUT2D eigenvalue weighted by atomic mass is 15.3. The van der Waals surface area contributed by atoms with Crippen molar-refractivity contribution < 1.29 is 0 Å². The maximum absolute atomic E-state index is 8.74. The minimum atomic E-state index is 0.185. The number of hydrogen-bond donors (Lipinski definition) is 1. The van der Waals surface area contributed by atoms with Gasteiger partial charge in [0.15, 0.2) is 0 Å². The van der Waals surface area contributed by atoms with Gasteiger partial charge in [-0.3, -0.25) is 4.68 Å². The third-order valence-corrected chi connectivity index (χ3v) is 3.33. The molecule has 1 aliphatic rings. The molecule has 80 valence electrons. The number of nitrogens with zero attached hydrogens (tertiary/aromatic N) is 3. The molecule has 1 aromatic rings. The zero-order chi connectivity index (χ0) is 11.1. The fourth-order valence-electron chi connectivity index (χ4n) is 1.92. The van der Waals surface area contributed by atoms with Crippen molar-refractivity contribution in [1.29, 1.82) is 5.26 Å². The molecule has 0 aromatic carbocycles. The summed E-state index contributed by atoms with van der Waals surface area (Å²) in [6, 6.07) is 2.26. The molecule has 4 heteroatoms. The van der Waals surface area contributed by atoms with Gasteiger partial charge in [0.1, 0.15) is 0 Å². The van der Waals surface area contributed by atoms with Gasteiger partial charge < -0.3 is 5.73 Å². The molecule has 2 N–H and O–H groups in total. The Morgan fingerprint density at radius 1 is 1.53 bits per heavy atom. The second-order valence-corrected chi connectivity index (χ2v) is 4.58. The van der Waals surface area contributed by atoms with E-state index < -0.39 is 0 Å². The highest BCUT2D eigenvalue weighted by molar-refractivity contribution is 5.46. The summed E-state index contributed by atoms with van der Waals surface area (Å²) in [6.45, 7) is 4.74. The van der Waals surface area contributed by atoms with E-state index in [2.05, 4.69) is 11.2 Å². The van der Waals surface area contributed by atoms with E-state index in [0.29, 0.717) is 6.42 Å². The van der Waals surface area contributed by atoms with Gasteiger partial charge in [0.05, 0.1) is 23.1 Å². The van der Waals surface area contributed by atoms with Crippen LogP contribution < -0.4 is 5.73 Å². The summed E-state index contributed by atoms with van der Waals surface area (Å²) in [4.78, 5) is 0. The SMILES string of the molecule is Cc1nn(CC2(CC#N)CC2)c(C)c1N. The first-order valence-corrected chi connectivity index (χ1v) is 5.24. The zero-order valence-corrected chi connectivity index (χ0v) is 9.25. The summed E-state index contributed by atoms with van der Waals surface area (Å²) in [5.74, 6) is 0. The molecule has 0 spiro atoms. The summed E-state index contributed by atoms with van der Waals surface area (Å²) in [7, 11) is 0. The normalized spacial score (nSPS) is 17.4. The van der Waals surface area contributed by atoms with Crippen LogP contribution in [-0.4, -0.2) is 9.78 Å². The summed E-state index contributed by atoms with van der Waals surface area (Å²) in [6.07, 6.45) is 2.91. The molecule has 0 radical (unpaired) electrons. The fraction of sp³-hybridized carbons (Fsp3) is 0.636. The largest absolute Gasteiger partial charge is 0.396 e. The molecule has 1 aromatic heterocycles. The lowest BCUT2D eigenvalue weighted by atomic mass is 10.0. The van der Waals surface area contributed by atoms with Gasteiger partial charge >= 0.3 is 0 Å². The van der Waals surface area contributed by atoms with Gasteiger partial charge in [0, 0.05) is 18.4 Å². The van der Waals surface area contributed by atoms with Crippen LogP contribution in [0.25, 0.3) is 0 Å². The second kappa shape index (κ2) is 3.27. The molecule has 2 rings (SSSR count). The second-order valence-electron chi connectivity index (χ2n) is 4.58. The van der Waals surface area contributed by atoms with Crippen LogP contribution in [-0.2, 0) is 6.54 Å². The first-order valence-electron chi connectivity index (χ1n) is 5.24. The number of hydrogen-bond acceptors (Lipinski definition) is 3. The highest BCUT2D eigenvalue weighted by Crippen LogP contribution is 2.50. The maximum Gasteiger partial charge on any atom is 0.0825 e. The Kier molecular flexibility index (Phi) is 2.18. The van der Waals surface area contributed by atoms with E-state index in [1.165, 1.54) is 0 Å². The third kappa shape index (κ3) is 1.70. The standard InChI is InChI=1S/C11H16N4/c1-8-10(13)9(2)15(14-8)7-11(3-4-11)5-6-12/h3-5,7,13H2,1-2H3. The summed E-state index contributed by atoms with van der Waals surface area (Å²) < 4.78 is 1.95. The van der Waals surface area contributed by atoms with Gasteiger partial charge in [-0.05, 0) is 26.7 Å². The number of nitriles is 1. The van der Waals surface area contributed by atoms with Gasteiger partial charge in [-0.2, -0.15) is 10.4 Å². The van der Waals surface area contributed by atoms with Crippen LogP contribution in [0, 0.1) is 30.6 Å². The first-order chi connectivity index (χ1) is 7.08. The molecule has 0 saturated heterocycles. The van der Waals surface area contributed by atoms with E-state index in [1.54, 1.807) is 0 Å². The van der Waals surface area contributed by atoms with Gasteiger partial charge in [-0.1, -0.05) is 0 Å². The summed E-state index contributed by atoms with van der Waals surface area (Å²) >= 11 is 0. The highest BCUT2D eigenvalue weighted by Gasteiger charge is 2.43. The first kappa shape index (κ1) is 10.0. The number of aryl methyl sites for hydroxylation is 1. The van der Waals surface area contributed by atoms with E-state index in [0.717, 1.165) is 36.5 Å². The van der Waals surface area contributed by atoms with E-state index in [-0.39, 0.29) is 5.41 Å². The monoisotopic (exact) mass is 204 g/mol. The van der Waals surface area contributed by atoms with Gasteiger partial charge in [0.2, 0.25) is 0 Å². The molecule has 4 nitrogen and oxygen atoms in total. The van der Waals surface area contributed by atoms with Crippen molar-refractivity contribution in [3.63, 3.8) is 0 Å². The van der Waals surface area contributed by atoms with Crippen LogP contribution in [0.15, 0.2) is 0 Å². The van der Waals surface area contributed by atoms with Crippen LogP contribution >= 0.6 is 0 Å². The Hall–Kier alpha value is -1.50. The minimum Gasteiger partial charge on any atom is -0.396 e. The number of nitrogens with two attached hydrogens (primary N) is 1. The van der Waals surface area contributed by atoms with Crippen molar-refractivity contribution in [2.45, 2.75) is 39.7 Å². The summed E-state index contributed by atoms with van der Waals surface area (Å²) in [5, 5.41) is 13.1. The van der Waals surface area contributed by atoms with Gasteiger partial charge in [-0.15, -0.1) is 0 Å². The van der Waals surface area contributed by atoms with Gasteiger partial charge in [-0.25, -0.2) is 0 Å². The van der Waals surface area contributed by atoms with Crippen LogP contribution in [0.5, 0.6) is 0 Å².